The van der Waals surface area contributed by atoms with E-state index in [4.69, 9.17) is 11.6 Å². The second-order valence-electron chi connectivity index (χ2n) is 8.85. The second kappa shape index (κ2) is 9.43. The number of hydrogen-bond acceptors (Lipinski definition) is 5. The summed E-state index contributed by atoms with van der Waals surface area (Å²) in [4.78, 5) is 38.4. The van der Waals surface area contributed by atoms with E-state index in [2.05, 4.69) is 10.3 Å². The minimum atomic E-state index is -1.04. The van der Waals surface area contributed by atoms with E-state index in [0.717, 1.165) is 11.1 Å². The minimum Gasteiger partial charge on any atom is -0.481 e. The average molecular weight is 488 g/mol. The van der Waals surface area contributed by atoms with Crippen molar-refractivity contribution in [2.75, 3.05) is 0 Å². The van der Waals surface area contributed by atoms with Crippen molar-refractivity contribution in [2.45, 2.75) is 19.4 Å². The molecule has 0 saturated heterocycles. The van der Waals surface area contributed by atoms with Crippen LogP contribution >= 0.6 is 11.6 Å². The third-order valence-electron chi connectivity index (χ3n) is 6.80. The zero-order valence-corrected chi connectivity index (χ0v) is 19.4. The number of carbonyl (C=O) groups excluding carboxylic acids is 1. The molecule has 176 valence electrons. The number of carboxylic acid groups (broad SMARTS) is 1. The predicted octanol–water partition coefficient (Wildman–Crippen LogP) is 4.72. The molecule has 8 heteroatoms. The Hall–Kier alpha value is -3.84. The van der Waals surface area contributed by atoms with Crippen molar-refractivity contribution in [1.29, 1.82) is 0 Å². The average Bonchev–Trinajstić information content (AvgIpc) is 3.30. The van der Waals surface area contributed by atoms with Crippen LogP contribution in [0, 0.1) is 17.8 Å². The monoisotopic (exact) mass is 487 g/mol. The van der Waals surface area contributed by atoms with Gasteiger partial charge in [-0.15, -0.1) is 5.10 Å². The van der Waals surface area contributed by atoms with Gasteiger partial charge in [-0.05, 0) is 54.2 Å². The Labute approximate surface area is 206 Å². The van der Waals surface area contributed by atoms with Gasteiger partial charge in [0.05, 0.1) is 17.8 Å². The molecular formula is C27H22ClN3O4. The van der Waals surface area contributed by atoms with Crippen LogP contribution in [0.25, 0.3) is 22.0 Å². The van der Waals surface area contributed by atoms with Gasteiger partial charge in [-0.2, -0.15) is 0 Å². The van der Waals surface area contributed by atoms with Crippen LogP contribution in [0.5, 0.6) is 0 Å². The quantitative estimate of drug-likeness (QED) is 0.395. The number of hydrogen-bond donors (Lipinski definition) is 1. The SMILES string of the molecule is O=C(c1ccc(-c2ccc(Cl)cc2)cc1)C1CCC(Cn2nnc3ccccc3c2=O)C1C(=O)O. The summed E-state index contributed by atoms with van der Waals surface area (Å²) in [5.74, 6) is -3.20. The molecule has 35 heavy (non-hydrogen) atoms. The van der Waals surface area contributed by atoms with E-state index in [1.54, 1.807) is 48.5 Å². The van der Waals surface area contributed by atoms with Gasteiger partial charge in [-0.3, -0.25) is 14.4 Å². The maximum absolute atomic E-state index is 13.3. The van der Waals surface area contributed by atoms with Crippen LogP contribution in [-0.2, 0) is 11.3 Å². The van der Waals surface area contributed by atoms with Crippen LogP contribution in [0.4, 0.5) is 0 Å². The lowest BCUT2D eigenvalue weighted by molar-refractivity contribution is -0.144. The number of carbonyl (C=O) groups is 2. The number of nitrogens with zero attached hydrogens (tertiary/aromatic N) is 3. The topological polar surface area (TPSA) is 102 Å². The van der Waals surface area contributed by atoms with Crippen molar-refractivity contribution in [3.05, 3.63) is 93.7 Å². The number of ketones is 1. The van der Waals surface area contributed by atoms with Crippen LogP contribution in [0.2, 0.25) is 5.02 Å². The summed E-state index contributed by atoms with van der Waals surface area (Å²) in [5, 5.41) is 19.2. The summed E-state index contributed by atoms with van der Waals surface area (Å²) < 4.78 is 1.22. The van der Waals surface area contributed by atoms with E-state index >= 15 is 0 Å². The summed E-state index contributed by atoms with van der Waals surface area (Å²) >= 11 is 5.96. The molecule has 1 fully saturated rings. The summed E-state index contributed by atoms with van der Waals surface area (Å²) in [5.41, 5.74) is 2.56. The zero-order chi connectivity index (χ0) is 24.5. The molecule has 7 nitrogen and oxygen atoms in total. The van der Waals surface area contributed by atoms with Gasteiger partial charge < -0.3 is 5.11 Å². The molecule has 3 unspecified atom stereocenters. The molecule has 0 spiro atoms. The maximum atomic E-state index is 13.3. The molecular weight excluding hydrogens is 466 g/mol. The van der Waals surface area contributed by atoms with Crippen molar-refractivity contribution in [2.24, 2.45) is 17.8 Å². The number of rotatable bonds is 6. The van der Waals surface area contributed by atoms with Crippen molar-refractivity contribution in [3.8, 4) is 11.1 Å². The maximum Gasteiger partial charge on any atom is 0.307 e. The number of aliphatic carboxylic acids is 1. The number of fused-ring (bicyclic) bond motifs is 1. The number of carboxylic acids is 1. The Morgan fingerprint density at radius 2 is 1.60 bits per heavy atom. The number of halogens is 1. The van der Waals surface area contributed by atoms with E-state index in [0.29, 0.717) is 34.3 Å². The lowest BCUT2D eigenvalue weighted by Crippen LogP contribution is -2.34. The smallest absolute Gasteiger partial charge is 0.307 e. The largest absolute Gasteiger partial charge is 0.481 e. The number of Topliss-reactive ketones (excluding diaryl/α,β-unsaturated/α-hetero) is 1. The molecule has 0 amide bonds. The molecule has 1 saturated carbocycles. The van der Waals surface area contributed by atoms with Gasteiger partial charge >= 0.3 is 5.97 Å². The van der Waals surface area contributed by atoms with Gasteiger partial charge in [-0.25, -0.2) is 4.68 Å². The first kappa shape index (κ1) is 22.9. The Morgan fingerprint density at radius 1 is 0.943 bits per heavy atom. The van der Waals surface area contributed by atoms with Crippen LogP contribution in [-0.4, -0.2) is 31.9 Å². The van der Waals surface area contributed by atoms with E-state index in [1.807, 2.05) is 24.3 Å². The van der Waals surface area contributed by atoms with E-state index < -0.39 is 23.7 Å². The fourth-order valence-corrected chi connectivity index (χ4v) is 5.13. The molecule has 0 aliphatic heterocycles. The first-order chi connectivity index (χ1) is 16.9. The van der Waals surface area contributed by atoms with Crippen molar-refractivity contribution in [3.63, 3.8) is 0 Å². The molecule has 1 aliphatic rings. The molecule has 1 aliphatic carbocycles. The second-order valence-corrected chi connectivity index (χ2v) is 9.29. The van der Waals surface area contributed by atoms with Gasteiger partial charge in [0.1, 0.15) is 5.52 Å². The van der Waals surface area contributed by atoms with Gasteiger partial charge in [0.2, 0.25) is 0 Å². The molecule has 1 heterocycles. The predicted molar refractivity (Wildman–Crippen MR) is 132 cm³/mol. The van der Waals surface area contributed by atoms with Crippen LogP contribution in [0.3, 0.4) is 0 Å². The zero-order valence-electron chi connectivity index (χ0n) is 18.7. The fourth-order valence-electron chi connectivity index (χ4n) is 5.00. The van der Waals surface area contributed by atoms with Crippen LogP contribution in [0.1, 0.15) is 23.2 Å². The third-order valence-corrected chi connectivity index (χ3v) is 7.05. The first-order valence-corrected chi connectivity index (χ1v) is 11.8. The van der Waals surface area contributed by atoms with Gasteiger partial charge in [0, 0.05) is 16.5 Å². The van der Waals surface area contributed by atoms with E-state index in [1.165, 1.54) is 4.68 Å². The molecule has 0 radical (unpaired) electrons. The molecule has 0 bridgehead atoms. The van der Waals surface area contributed by atoms with Gasteiger partial charge in [0.15, 0.2) is 5.78 Å². The van der Waals surface area contributed by atoms with Crippen LogP contribution in [0.15, 0.2) is 77.6 Å². The number of aromatic nitrogens is 3. The Kier molecular flexibility index (Phi) is 6.17. The lowest BCUT2D eigenvalue weighted by Gasteiger charge is -2.20. The molecule has 3 aromatic carbocycles. The minimum absolute atomic E-state index is 0.104. The normalized spacial score (nSPS) is 19.6. The van der Waals surface area contributed by atoms with E-state index in [-0.39, 0.29) is 17.9 Å². The summed E-state index contributed by atoms with van der Waals surface area (Å²) in [6, 6.07) is 21.5. The number of benzene rings is 3. The summed E-state index contributed by atoms with van der Waals surface area (Å²) in [6.07, 6.45) is 0.951. The third kappa shape index (κ3) is 4.47. The van der Waals surface area contributed by atoms with Gasteiger partial charge in [-0.1, -0.05) is 65.3 Å². The Morgan fingerprint density at radius 3 is 2.29 bits per heavy atom. The standard InChI is InChI=1S/C27H22ClN3O4/c28-20-12-9-17(10-13-20)16-5-7-18(8-6-16)25(32)22-14-11-19(24(22)27(34)35)15-31-26(33)21-3-1-2-4-23(21)29-30-31/h1-10,12-13,19,22,24H,11,14-15H2,(H,34,35). The molecule has 5 rings (SSSR count). The Balaban J connectivity index is 1.36. The Bertz CT molecular complexity index is 1460. The fraction of sp³-hybridized carbons (Fsp3) is 0.222. The van der Waals surface area contributed by atoms with Crippen molar-refractivity contribution in [1.82, 2.24) is 15.0 Å². The molecule has 4 aromatic rings. The molecule has 1 aromatic heterocycles. The highest BCUT2D eigenvalue weighted by Crippen LogP contribution is 2.40. The van der Waals surface area contributed by atoms with Gasteiger partial charge in [0.25, 0.3) is 5.56 Å². The molecule has 1 N–H and O–H groups in total. The molecule has 3 atom stereocenters. The summed E-state index contributed by atoms with van der Waals surface area (Å²) in [7, 11) is 0. The summed E-state index contributed by atoms with van der Waals surface area (Å²) in [6.45, 7) is 0.104. The first-order valence-electron chi connectivity index (χ1n) is 11.4. The highest BCUT2D eigenvalue weighted by Gasteiger charge is 2.45. The van der Waals surface area contributed by atoms with Crippen LogP contribution < -0.4 is 5.56 Å². The highest BCUT2D eigenvalue weighted by molar-refractivity contribution is 6.30. The van der Waals surface area contributed by atoms with E-state index in [9.17, 15) is 19.5 Å². The lowest BCUT2D eigenvalue weighted by atomic mass is 9.84. The van der Waals surface area contributed by atoms with Crippen molar-refractivity contribution >= 4 is 34.3 Å². The van der Waals surface area contributed by atoms with Crippen molar-refractivity contribution < 1.29 is 14.7 Å². The highest BCUT2D eigenvalue weighted by atomic mass is 35.5.